The molecule has 7 heteroatoms. The standard InChI is InChI=1S/C19H21FN2O4/c1-12(2)25-16-8-4-14(5-9-16)19(24)22-21-18(23)13(3)26-17-10-6-15(20)7-11-17/h4-13H,1-3H3,(H,21,23)(H,22,24)/t13-/m0/s1. The number of amides is 2. The Kier molecular flexibility index (Phi) is 6.54. The third-order valence-corrected chi connectivity index (χ3v) is 3.28. The first-order valence-electron chi connectivity index (χ1n) is 8.14. The van der Waals surface area contributed by atoms with Gasteiger partial charge in [0, 0.05) is 5.56 Å². The Morgan fingerprint density at radius 2 is 1.38 bits per heavy atom. The Morgan fingerprint density at radius 3 is 1.96 bits per heavy atom. The minimum absolute atomic E-state index is 0.0385. The third-order valence-electron chi connectivity index (χ3n) is 3.28. The average Bonchev–Trinajstić information content (AvgIpc) is 2.61. The molecule has 0 spiro atoms. The summed E-state index contributed by atoms with van der Waals surface area (Å²) in [5.41, 5.74) is 4.97. The van der Waals surface area contributed by atoms with Crippen molar-refractivity contribution in [3.8, 4) is 11.5 Å². The van der Waals surface area contributed by atoms with E-state index in [0.29, 0.717) is 17.1 Å². The lowest BCUT2D eigenvalue weighted by Gasteiger charge is -2.15. The highest BCUT2D eigenvalue weighted by atomic mass is 19.1. The molecule has 0 fully saturated rings. The SMILES string of the molecule is CC(C)Oc1ccc(C(=O)NNC(=O)[C@H](C)Oc2ccc(F)cc2)cc1. The van der Waals surface area contributed by atoms with Crippen LogP contribution in [0.4, 0.5) is 4.39 Å². The molecule has 0 heterocycles. The molecule has 2 aromatic carbocycles. The van der Waals surface area contributed by atoms with Crippen LogP contribution in [0.3, 0.4) is 0 Å². The van der Waals surface area contributed by atoms with Crippen LogP contribution in [0, 0.1) is 5.82 Å². The van der Waals surface area contributed by atoms with Gasteiger partial charge in [0.2, 0.25) is 0 Å². The number of hydrogen-bond acceptors (Lipinski definition) is 4. The lowest BCUT2D eigenvalue weighted by Crippen LogP contribution is -2.47. The van der Waals surface area contributed by atoms with Gasteiger partial charge >= 0.3 is 0 Å². The van der Waals surface area contributed by atoms with Crippen LogP contribution in [-0.4, -0.2) is 24.0 Å². The molecule has 2 rings (SSSR count). The van der Waals surface area contributed by atoms with Gasteiger partial charge in [-0.3, -0.25) is 20.4 Å². The predicted molar refractivity (Wildman–Crippen MR) is 94.3 cm³/mol. The number of ether oxygens (including phenoxy) is 2. The average molecular weight is 360 g/mol. The van der Waals surface area contributed by atoms with Gasteiger partial charge in [0.15, 0.2) is 6.10 Å². The largest absolute Gasteiger partial charge is 0.491 e. The van der Waals surface area contributed by atoms with Gasteiger partial charge < -0.3 is 9.47 Å². The molecule has 0 saturated carbocycles. The van der Waals surface area contributed by atoms with Crippen LogP contribution in [0.1, 0.15) is 31.1 Å². The summed E-state index contributed by atoms with van der Waals surface area (Å²) in [6.07, 6.45) is -0.834. The number of rotatable bonds is 6. The van der Waals surface area contributed by atoms with E-state index in [1.807, 2.05) is 13.8 Å². The monoisotopic (exact) mass is 360 g/mol. The second-order valence-electron chi connectivity index (χ2n) is 5.85. The summed E-state index contributed by atoms with van der Waals surface area (Å²) in [5.74, 6) is -0.402. The van der Waals surface area contributed by atoms with Gasteiger partial charge in [-0.05, 0) is 69.3 Å². The lowest BCUT2D eigenvalue weighted by molar-refractivity contribution is -0.128. The van der Waals surface area contributed by atoms with Gasteiger partial charge in [0.1, 0.15) is 17.3 Å². The van der Waals surface area contributed by atoms with Gasteiger partial charge in [0.25, 0.3) is 11.8 Å². The molecule has 0 aliphatic rings. The van der Waals surface area contributed by atoms with E-state index in [0.717, 1.165) is 0 Å². The van der Waals surface area contributed by atoms with E-state index in [1.54, 1.807) is 24.3 Å². The van der Waals surface area contributed by atoms with E-state index in [4.69, 9.17) is 9.47 Å². The lowest BCUT2D eigenvalue weighted by atomic mass is 10.2. The maximum atomic E-state index is 12.9. The maximum Gasteiger partial charge on any atom is 0.279 e. The predicted octanol–water partition coefficient (Wildman–Crippen LogP) is 2.84. The number of benzene rings is 2. The molecule has 0 aromatic heterocycles. The zero-order valence-corrected chi connectivity index (χ0v) is 14.8. The fourth-order valence-electron chi connectivity index (χ4n) is 2.02. The van der Waals surface area contributed by atoms with Crippen LogP contribution in [0.15, 0.2) is 48.5 Å². The van der Waals surface area contributed by atoms with E-state index < -0.39 is 23.7 Å². The first-order valence-corrected chi connectivity index (χ1v) is 8.14. The minimum atomic E-state index is -0.873. The van der Waals surface area contributed by atoms with E-state index in [1.165, 1.54) is 31.2 Å². The Bertz CT molecular complexity index is 745. The zero-order valence-electron chi connectivity index (χ0n) is 14.8. The van der Waals surface area contributed by atoms with Gasteiger partial charge in [-0.15, -0.1) is 0 Å². The second kappa shape index (κ2) is 8.84. The first kappa shape index (κ1) is 19.2. The van der Waals surface area contributed by atoms with Crippen LogP contribution in [0.5, 0.6) is 11.5 Å². The molecule has 2 aromatic rings. The zero-order chi connectivity index (χ0) is 19.1. The highest BCUT2D eigenvalue weighted by Gasteiger charge is 2.16. The van der Waals surface area contributed by atoms with Crippen LogP contribution in [0.2, 0.25) is 0 Å². The van der Waals surface area contributed by atoms with Crippen molar-refractivity contribution >= 4 is 11.8 Å². The van der Waals surface area contributed by atoms with E-state index in [9.17, 15) is 14.0 Å². The number of carbonyl (C=O) groups excluding carboxylic acids is 2. The van der Waals surface area contributed by atoms with Crippen LogP contribution >= 0.6 is 0 Å². The van der Waals surface area contributed by atoms with Crippen molar-refractivity contribution in [3.05, 3.63) is 59.9 Å². The summed E-state index contributed by atoms with van der Waals surface area (Å²) in [7, 11) is 0. The van der Waals surface area contributed by atoms with E-state index in [-0.39, 0.29) is 6.10 Å². The molecule has 0 aliphatic carbocycles. The minimum Gasteiger partial charge on any atom is -0.491 e. The molecule has 1 atom stereocenters. The van der Waals surface area contributed by atoms with Crippen molar-refractivity contribution in [2.24, 2.45) is 0 Å². The number of nitrogens with one attached hydrogen (secondary N) is 2. The molecule has 6 nitrogen and oxygen atoms in total. The first-order chi connectivity index (χ1) is 12.3. The Labute approximate surface area is 151 Å². The van der Waals surface area contributed by atoms with Gasteiger partial charge in [-0.25, -0.2) is 4.39 Å². The normalized spacial score (nSPS) is 11.6. The summed E-state index contributed by atoms with van der Waals surface area (Å²) in [5, 5.41) is 0. The maximum absolute atomic E-state index is 12.9. The highest BCUT2D eigenvalue weighted by molar-refractivity contribution is 5.95. The fourth-order valence-corrected chi connectivity index (χ4v) is 2.02. The number of carbonyl (C=O) groups is 2. The molecule has 26 heavy (non-hydrogen) atoms. The highest BCUT2D eigenvalue weighted by Crippen LogP contribution is 2.14. The molecule has 2 N–H and O–H groups in total. The van der Waals surface area contributed by atoms with Crippen LogP contribution in [-0.2, 0) is 4.79 Å². The summed E-state index contributed by atoms with van der Waals surface area (Å²) >= 11 is 0. The Hall–Kier alpha value is -3.09. The summed E-state index contributed by atoms with van der Waals surface area (Å²) < 4.78 is 23.7. The molecule has 0 bridgehead atoms. The van der Waals surface area contributed by atoms with Crippen LogP contribution in [0.25, 0.3) is 0 Å². The Morgan fingerprint density at radius 1 is 0.846 bits per heavy atom. The molecule has 0 aliphatic heterocycles. The van der Waals surface area contributed by atoms with Crippen molar-refractivity contribution in [2.45, 2.75) is 33.0 Å². The fraction of sp³-hybridized carbons (Fsp3) is 0.263. The number of hydrogen-bond donors (Lipinski definition) is 2. The van der Waals surface area contributed by atoms with Crippen molar-refractivity contribution in [3.63, 3.8) is 0 Å². The molecular formula is C19H21FN2O4. The summed E-state index contributed by atoms with van der Waals surface area (Å²) in [6, 6.07) is 11.8. The molecule has 2 amide bonds. The van der Waals surface area contributed by atoms with Crippen molar-refractivity contribution < 1.29 is 23.5 Å². The van der Waals surface area contributed by atoms with Crippen molar-refractivity contribution in [2.75, 3.05) is 0 Å². The third kappa shape index (κ3) is 5.77. The Balaban J connectivity index is 1.83. The molecule has 138 valence electrons. The van der Waals surface area contributed by atoms with Crippen LogP contribution < -0.4 is 20.3 Å². The van der Waals surface area contributed by atoms with Gasteiger partial charge in [-0.1, -0.05) is 0 Å². The molecular weight excluding hydrogens is 339 g/mol. The van der Waals surface area contributed by atoms with Crippen molar-refractivity contribution in [1.82, 2.24) is 10.9 Å². The number of halogens is 1. The molecule has 0 unspecified atom stereocenters. The summed E-state index contributed by atoms with van der Waals surface area (Å²) in [4.78, 5) is 24.0. The molecule has 0 radical (unpaired) electrons. The smallest absolute Gasteiger partial charge is 0.279 e. The summed E-state index contributed by atoms with van der Waals surface area (Å²) in [6.45, 7) is 5.33. The van der Waals surface area contributed by atoms with Gasteiger partial charge in [-0.2, -0.15) is 0 Å². The van der Waals surface area contributed by atoms with E-state index >= 15 is 0 Å². The quantitative estimate of drug-likeness (QED) is 0.777. The van der Waals surface area contributed by atoms with Gasteiger partial charge in [0.05, 0.1) is 6.10 Å². The molecule has 0 saturated heterocycles. The second-order valence-corrected chi connectivity index (χ2v) is 5.85. The number of hydrazine groups is 1. The van der Waals surface area contributed by atoms with E-state index in [2.05, 4.69) is 10.9 Å². The van der Waals surface area contributed by atoms with Crippen molar-refractivity contribution in [1.29, 1.82) is 0 Å². The topological polar surface area (TPSA) is 76.7 Å².